The number of methoxy groups -OCH3 is 1. The summed E-state index contributed by atoms with van der Waals surface area (Å²) in [6.07, 6.45) is 1.39. The van der Waals surface area contributed by atoms with Gasteiger partial charge < -0.3 is 20.8 Å². The number of nitrogens with zero attached hydrogens (tertiary/aromatic N) is 1. The van der Waals surface area contributed by atoms with Gasteiger partial charge in [-0.2, -0.15) is 0 Å². The summed E-state index contributed by atoms with van der Waals surface area (Å²) in [5.41, 5.74) is 7.74. The highest BCUT2D eigenvalue weighted by atomic mass is 16.5. The third kappa shape index (κ3) is 2.91. The van der Waals surface area contributed by atoms with Crippen molar-refractivity contribution in [2.24, 2.45) is 5.92 Å². The number of aromatic nitrogens is 2. The molecule has 4 N–H and O–H groups in total. The van der Waals surface area contributed by atoms with Gasteiger partial charge in [0.1, 0.15) is 0 Å². The molecule has 20 heavy (non-hydrogen) atoms. The molecule has 0 fully saturated rings. The second-order valence-electron chi connectivity index (χ2n) is 5.14. The number of nitrogens with two attached hydrogens (primary N) is 1. The normalized spacial score (nSPS) is 12.8. The van der Waals surface area contributed by atoms with Crippen LogP contribution in [0.4, 0.5) is 11.4 Å². The van der Waals surface area contributed by atoms with Crippen LogP contribution >= 0.6 is 0 Å². The molecule has 0 bridgehead atoms. The number of anilines is 2. The van der Waals surface area contributed by atoms with Gasteiger partial charge in [-0.1, -0.05) is 13.8 Å². The molecule has 1 aromatic carbocycles. The van der Waals surface area contributed by atoms with E-state index in [-0.39, 0.29) is 11.6 Å². The van der Waals surface area contributed by atoms with E-state index in [0.717, 1.165) is 5.69 Å². The Kier molecular flexibility index (Phi) is 4.24. The maximum atomic E-state index is 11.7. The predicted molar refractivity (Wildman–Crippen MR) is 80.9 cm³/mol. The molecule has 0 aliphatic heterocycles. The van der Waals surface area contributed by atoms with Crippen LogP contribution in [0.1, 0.15) is 13.8 Å². The Balaban J connectivity index is 2.39. The van der Waals surface area contributed by atoms with E-state index in [2.05, 4.69) is 29.1 Å². The fourth-order valence-electron chi connectivity index (χ4n) is 2.04. The third-order valence-corrected chi connectivity index (χ3v) is 3.30. The van der Waals surface area contributed by atoms with E-state index in [0.29, 0.717) is 29.1 Å². The van der Waals surface area contributed by atoms with Gasteiger partial charge in [-0.05, 0) is 18.1 Å². The molecule has 0 amide bonds. The van der Waals surface area contributed by atoms with E-state index < -0.39 is 0 Å². The SMILES string of the molecule is COCC(Nc1cc2nc[nH]c(=O)c2cc1N)C(C)C. The van der Waals surface area contributed by atoms with Crippen molar-refractivity contribution in [1.82, 2.24) is 9.97 Å². The van der Waals surface area contributed by atoms with Gasteiger partial charge in [0.15, 0.2) is 0 Å². The molecule has 0 spiro atoms. The van der Waals surface area contributed by atoms with Gasteiger partial charge in [-0.15, -0.1) is 0 Å². The highest BCUT2D eigenvalue weighted by Gasteiger charge is 2.15. The first-order valence-corrected chi connectivity index (χ1v) is 6.55. The number of benzene rings is 1. The van der Waals surface area contributed by atoms with Crippen molar-refractivity contribution in [3.8, 4) is 0 Å². The monoisotopic (exact) mass is 276 g/mol. The first kappa shape index (κ1) is 14.3. The molecule has 0 aliphatic carbocycles. The van der Waals surface area contributed by atoms with Gasteiger partial charge in [0.2, 0.25) is 0 Å². The lowest BCUT2D eigenvalue weighted by atomic mass is 10.0. The van der Waals surface area contributed by atoms with E-state index in [9.17, 15) is 4.79 Å². The maximum absolute atomic E-state index is 11.7. The molecule has 1 aromatic heterocycles. The molecule has 0 saturated heterocycles. The van der Waals surface area contributed by atoms with Crippen molar-refractivity contribution in [1.29, 1.82) is 0 Å². The molecular weight excluding hydrogens is 256 g/mol. The summed E-state index contributed by atoms with van der Waals surface area (Å²) >= 11 is 0. The van der Waals surface area contributed by atoms with E-state index in [1.165, 1.54) is 6.33 Å². The Morgan fingerprint density at radius 3 is 2.85 bits per heavy atom. The molecule has 1 atom stereocenters. The number of aromatic amines is 1. The summed E-state index contributed by atoms with van der Waals surface area (Å²) in [4.78, 5) is 18.4. The van der Waals surface area contributed by atoms with Gasteiger partial charge in [-0.25, -0.2) is 4.98 Å². The summed E-state index contributed by atoms with van der Waals surface area (Å²) in [6.45, 7) is 4.80. The first-order chi connectivity index (χ1) is 9.52. The second kappa shape index (κ2) is 5.92. The Bertz CT molecular complexity index is 651. The Labute approximate surface area is 117 Å². The topological polar surface area (TPSA) is 93.0 Å². The molecule has 1 heterocycles. The van der Waals surface area contributed by atoms with Crippen LogP contribution in [0, 0.1) is 5.92 Å². The fourth-order valence-corrected chi connectivity index (χ4v) is 2.04. The second-order valence-corrected chi connectivity index (χ2v) is 5.14. The number of H-pyrrole nitrogens is 1. The number of ether oxygens (including phenoxy) is 1. The Morgan fingerprint density at radius 1 is 1.45 bits per heavy atom. The molecule has 6 nitrogen and oxygen atoms in total. The lowest BCUT2D eigenvalue weighted by Gasteiger charge is -2.23. The van der Waals surface area contributed by atoms with Crippen molar-refractivity contribution in [2.45, 2.75) is 19.9 Å². The average Bonchev–Trinajstić information content (AvgIpc) is 2.40. The molecule has 1 unspecified atom stereocenters. The molecule has 0 aliphatic rings. The quantitative estimate of drug-likeness (QED) is 0.721. The smallest absolute Gasteiger partial charge is 0.258 e. The van der Waals surface area contributed by atoms with Crippen molar-refractivity contribution in [3.05, 3.63) is 28.8 Å². The lowest BCUT2D eigenvalue weighted by molar-refractivity contribution is 0.171. The predicted octanol–water partition coefficient (Wildman–Crippen LogP) is 1.59. The molecule has 2 rings (SSSR count). The summed E-state index contributed by atoms with van der Waals surface area (Å²) in [5, 5.41) is 3.85. The van der Waals surface area contributed by atoms with Gasteiger partial charge >= 0.3 is 0 Å². The summed E-state index contributed by atoms with van der Waals surface area (Å²) in [6, 6.07) is 3.58. The Morgan fingerprint density at radius 2 is 2.20 bits per heavy atom. The van der Waals surface area contributed by atoms with Crippen LogP contribution in [-0.4, -0.2) is 29.7 Å². The molecule has 108 valence electrons. The van der Waals surface area contributed by atoms with Crippen LogP contribution < -0.4 is 16.6 Å². The number of nitrogens with one attached hydrogen (secondary N) is 2. The molecule has 0 radical (unpaired) electrons. The van der Waals surface area contributed by atoms with Crippen LogP contribution in [0.25, 0.3) is 10.9 Å². The van der Waals surface area contributed by atoms with Gasteiger partial charge in [0.25, 0.3) is 5.56 Å². The van der Waals surface area contributed by atoms with E-state index in [1.807, 2.05) is 0 Å². The van der Waals surface area contributed by atoms with Crippen molar-refractivity contribution in [3.63, 3.8) is 0 Å². The standard InChI is InChI=1S/C14H20N4O2/c1-8(2)13(6-20-3)18-12-5-11-9(4-10(12)15)14(19)17-7-16-11/h4-5,7-8,13,18H,6,15H2,1-3H3,(H,16,17,19). The minimum absolute atomic E-state index is 0.141. The van der Waals surface area contributed by atoms with Crippen LogP contribution in [0.2, 0.25) is 0 Å². The molecule has 0 saturated carbocycles. The van der Waals surface area contributed by atoms with Gasteiger partial charge in [0.05, 0.1) is 41.3 Å². The van der Waals surface area contributed by atoms with E-state index in [1.54, 1.807) is 19.2 Å². The number of fused-ring (bicyclic) bond motifs is 1. The van der Waals surface area contributed by atoms with E-state index in [4.69, 9.17) is 10.5 Å². The summed E-state index contributed by atoms with van der Waals surface area (Å²) in [7, 11) is 1.67. The van der Waals surface area contributed by atoms with Gasteiger partial charge in [0, 0.05) is 7.11 Å². The zero-order valence-electron chi connectivity index (χ0n) is 11.9. The van der Waals surface area contributed by atoms with Crippen molar-refractivity contribution >= 4 is 22.3 Å². The lowest BCUT2D eigenvalue weighted by Crippen LogP contribution is -2.30. The number of nitrogen functional groups attached to an aromatic ring is 1. The van der Waals surface area contributed by atoms with Crippen LogP contribution in [0.3, 0.4) is 0 Å². The zero-order chi connectivity index (χ0) is 14.7. The largest absolute Gasteiger partial charge is 0.397 e. The highest BCUT2D eigenvalue weighted by Crippen LogP contribution is 2.24. The van der Waals surface area contributed by atoms with Crippen molar-refractivity contribution < 1.29 is 4.74 Å². The molecular formula is C14H20N4O2. The highest BCUT2D eigenvalue weighted by molar-refractivity contribution is 5.88. The Hall–Kier alpha value is -2.08. The third-order valence-electron chi connectivity index (χ3n) is 3.30. The summed E-state index contributed by atoms with van der Waals surface area (Å²) in [5.74, 6) is 0.386. The maximum Gasteiger partial charge on any atom is 0.258 e. The minimum Gasteiger partial charge on any atom is -0.397 e. The molecule has 6 heteroatoms. The number of hydrogen-bond acceptors (Lipinski definition) is 5. The average molecular weight is 276 g/mol. The van der Waals surface area contributed by atoms with Crippen LogP contribution in [-0.2, 0) is 4.74 Å². The van der Waals surface area contributed by atoms with Crippen molar-refractivity contribution in [2.75, 3.05) is 24.8 Å². The minimum atomic E-state index is -0.189. The van der Waals surface area contributed by atoms with Gasteiger partial charge in [-0.3, -0.25) is 4.79 Å². The number of hydrogen-bond donors (Lipinski definition) is 3. The van der Waals surface area contributed by atoms with Crippen LogP contribution in [0.15, 0.2) is 23.3 Å². The van der Waals surface area contributed by atoms with Crippen LogP contribution in [0.5, 0.6) is 0 Å². The fraction of sp³-hybridized carbons (Fsp3) is 0.429. The molecule has 2 aromatic rings. The van der Waals surface area contributed by atoms with E-state index >= 15 is 0 Å². The zero-order valence-corrected chi connectivity index (χ0v) is 11.9. The first-order valence-electron chi connectivity index (χ1n) is 6.55. The summed E-state index contributed by atoms with van der Waals surface area (Å²) < 4.78 is 5.21. The number of rotatable bonds is 5.